The second kappa shape index (κ2) is 7.29. The van der Waals surface area contributed by atoms with Crippen LogP contribution >= 0.6 is 22.9 Å². The lowest BCUT2D eigenvalue weighted by Gasteiger charge is -2.24. The number of rotatable bonds is 4. The molecule has 0 aliphatic carbocycles. The summed E-state index contributed by atoms with van der Waals surface area (Å²) in [5.41, 5.74) is 5.55. The standard InChI is InChI=1S/C16H16F2IN3O2/c1-8(17)10-4-3-5-11(15(10)18)9(2)22(19)16(24)12-7-21-14(23)6-13(12)20/h3-9H,1-2H3,(H3,20,21,23)/t8?,9-/m1/s1. The van der Waals surface area contributed by atoms with Crippen LogP contribution in [0.5, 0.6) is 0 Å². The van der Waals surface area contributed by atoms with Crippen molar-refractivity contribution in [2.24, 2.45) is 0 Å². The first-order valence-electron chi connectivity index (χ1n) is 7.14. The molecule has 1 aromatic carbocycles. The number of anilines is 1. The number of benzene rings is 1. The fraction of sp³-hybridized carbons (Fsp3) is 0.250. The van der Waals surface area contributed by atoms with Crippen LogP contribution in [0.25, 0.3) is 0 Å². The van der Waals surface area contributed by atoms with Gasteiger partial charge in [-0.1, -0.05) is 18.2 Å². The Kier molecular flexibility index (Phi) is 5.58. The van der Waals surface area contributed by atoms with E-state index in [1.807, 2.05) is 0 Å². The first-order valence-corrected chi connectivity index (χ1v) is 8.10. The largest absolute Gasteiger partial charge is 0.398 e. The Morgan fingerprint density at radius 3 is 2.54 bits per heavy atom. The second-order valence-corrected chi connectivity index (χ2v) is 6.36. The van der Waals surface area contributed by atoms with E-state index in [0.717, 1.165) is 6.07 Å². The molecule has 0 fully saturated rings. The number of nitrogens with zero attached hydrogens (tertiary/aromatic N) is 1. The van der Waals surface area contributed by atoms with E-state index in [4.69, 9.17) is 5.73 Å². The molecule has 24 heavy (non-hydrogen) atoms. The first kappa shape index (κ1) is 18.4. The van der Waals surface area contributed by atoms with E-state index in [1.165, 1.54) is 28.4 Å². The quantitative estimate of drug-likeness (QED) is 0.555. The van der Waals surface area contributed by atoms with Gasteiger partial charge in [0.25, 0.3) is 5.91 Å². The van der Waals surface area contributed by atoms with Gasteiger partial charge in [-0.3, -0.25) is 12.7 Å². The molecule has 128 valence electrons. The number of nitrogens with two attached hydrogens (primary N) is 1. The number of aromatic amines is 1. The van der Waals surface area contributed by atoms with E-state index >= 15 is 0 Å². The fourth-order valence-electron chi connectivity index (χ4n) is 2.28. The summed E-state index contributed by atoms with van der Waals surface area (Å²) in [6, 6.07) is 4.86. The van der Waals surface area contributed by atoms with Gasteiger partial charge in [-0.2, -0.15) is 0 Å². The van der Waals surface area contributed by atoms with Gasteiger partial charge in [0, 0.05) is 23.4 Å². The summed E-state index contributed by atoms with van der Waals surface area (Å²) >= 11 is 1.75. The Labute approximate surface area is 151 Å². The fourth-order valence-corrected chi connectivity index (χ4v) is 2.84. The van der Waals surface area contributed by atoms with Crippen molar-refractivity contribution >= 4 is 34.5 Å². The Hall–Kier alpha value is -1.97. The topological polar surface area (TPSA) is 79.2 Å². The number of aromatic nitrogens is 1. The highest BCUT2D eigenvalue weighted by Gasteiger charge is 2.26. The summed E-state index contributed by atoms with van der Waals surface area (Å²) in [5.74, 6) is -1.17. The number of halogens is 3. The lowest BCUT2D eigenvalue weighted by molar-refractivity contribution is 0.0861. The Morgan fingerprint density at radius 1 is 1.33 bits per heavy atom. The molecule has 0 saturated heterocycles. The molecule has 2 aromatic rings. The summed E-state index contributed by atoms with van der Waals surface area (Å²) in [6.07, 6.45) is -0.236. The highest BCUT2D eigenvalue weighted by molar-refractivity contribution is 14.1. The predicted molar refractivity (Wildman–Crippen MR) is 96.0 cm³/mol. The lowest BCUT2D eigenvalue weighted by Crippen LogP contribution is -2.27. The predicted octanol–water partition coefficient (Wildman–Crippen LogP) is 3.68. The molecule has 1 aromatic heterocycles. The monoisotopic (exact) mass is 447 g/mol. The summed E-state index contributed by atoms with van der Waals surface area (Å²) in [4.78, 5) is 26.1. The number of carbonyl (C=O) groups excluding carboxylic acids is 1. The maximum atomic E-state index is 14.5. The summed E-state index contributed by atoms with van der Waals surface area (Å²) in [6.45, 7) is 2.87. The third-order valence-electron chi connectivity index (χ3n) is 3.66. The number of H-pyrrole nitrogens is 1. The molecular weight excluding hydrogens is 431 g/mol. The van der Waals surface area contributed by atoms with Crippen molar-refractivity contribution in [3.8, 4) is 0 Å². The number of hydrogen-bond acceptors (Lipinski definition) is 3. The highest BCUT2D eigenvalue weighted by atomic mass is 127. The number of carbonyl (C=O) groups is 1. The zero-order chi connectivity index (χ0) is 18.0. The van der Waals surface area contributed by atoms with Gasteiger partial charge in [-0.25, -0.2) is 8.78 Å². The van der Waals surface area contributed by atoms with Gasteiger partial charge in [-0.05, 0) is 13.8 Å². The number of nitrogen functional groups attached to an aromatic ring is 1. The van der Waals surface area contributed by atoms with Crippen LogP contribution < -0.4 is 11.3 Å². The van der Waals surface area contributed by atoms with E-state index < -0.39 is 29.5 Å². The molecule has 2 atom stereocenters. The van der Waals surface area contributed by atoms with Crippen LogP contribution in [-0.4, -0.2) is 14.0 Å². The van der Waals surface area contributed by atoms with E-state index in [-0.39, 0.29) is 22.4 Å². The van der Waals surface area contributed by atoms with Crippen LogP contribution in [0.2, 0.25) is 0 Å². The van der Waals surface area contributed by atoms with Gasteiger partial charge in [0.15, 0.2) is 0 Å². The van der Waals surface area contributed by atoms with Gasteiger partial charge in [0.05, 0.1) is 40.2 Å². The molecule has 0 spiro atoms. The van der Waals surface area contributed by atoms with Crippen LogP contribution in [0.3, 0.4) is 0 Å². The first-order chi connectivity index (χ1) is 11.2. The molecule has 0 saturated carbocycles. The van der Waals surface area contributed by atoms with Crippen molar-refractivity contribution in [2.45, 2.75) is 26.1 Å². The average Bonchev–Trinajstić information content (AvgIpc) is 2.53. The summed E-state index contributed by atoms with van der Waals surface area (Å²) < 4.78 is 29.2. The molecule has 0 bridgehead atoms. The van der Waals surface area contributed by atoms with Gasteiger partial charge in [-0.15, -0.1) is 0 Å². The van der Waals surface area contributed by atoms with Crippen molar-refractivity contribution < 1.29 is 13.6 Å². The van der Waals surface area contributed by atoms with Crippen molar-refractivity contribution in [1.82, 2.24) is 8.10 Å². The molecular formula is C16H16F2IN3O2. The normalized spacial score (nSPS) is 13.4. The second-order valence-electron chi connectivity index (χ2n) is 5.33. The van der Waals surface area contributed by atoms with Crippen LogP contribution in [0.4, 0.5) is 14.5 Å². The highest BCUT2D eigenvalue weighted by Crippen LogP contribution is 2.32. The van der Waals surface area contributed by atoms with Crippen LogP contribution in [-0.2, 0) is 0 Å². The molecule has 3 N–H and O–H groups in total. The lowest BCUT2D eigenvalue weighted by atomic mass is 10.0. The minimum Gasteiger partial charge on any atom is -0.398 e. The number of hydrogen-bond donors (Lipinski definition) is 2. The minimum absolute atomic E-state index is 0.0317. The van der Waals surface area contributed by atoms with Crippen molar-refractivity contribution in [3.63, 3.8) is 0 Å². The number of amides is 1. The molecule has 0 radical (unpaired) electrons. The van der Waals surface area contributed by atoms with E-state index in [2.05, 4.69) is 4.98 Å². The van der Waals surface area contributed by atoms with Gasteiger partial charge in [0.2, 0.25) is 5.56 Å². The molecule has 8 heteroatoms. The van der Waals surface area contributed by atoms with Crippen molar-refractivity contribution in [2.75, 3.05) is 5.73 Å². The van der Waals surface area contributed by atoms with Crippen molar-refractivity contribution in [3.05, 3.63) is 63.3 Å². The van der Waals surface area contributed by atoms with Gasteiger partial charge in [0.1, 0.15) is 12.0 Å². The number of alkyl halides is 1. The zero-order valence-corrected chi connectivity index (χ0v) is 15.2. The Morgan fingerprint density at radius 2 is 1.96 bits per heavy atom. The smallest absolute Gasteiger partial charge is 0.266 e. The Bertz CT molecular complexity index is 823. The molecule has 1 unspecified atom stereocenters. The van der Waals surface area contributed by atoms with E-state index in [9.17, 15) is 18.4 Å². The molecule has 2 rings (SSSR count). The molecule has 1 amide bonds. The zero-order valence-electron chi connectivity index (χ0n) is 13.0. The van der Waals surface area contributed by atoms with Gasteiger partial charge < -0.3 is 10.7 Å². The third kappa shape index (κ3) is 3.58. The van der Waals surface area contributed by atoms with Crippen LogP contribution in [0, 0.1) is 5.82 Å². The number of nitrogens with one attached hydrogen (secondary N) is 1. The molecule has 0 aliphatic heterocycles. The maximum Gasteiger partial charge on any atom is 0.266 e. The van der Waals surface area contributed by atoms with E-state index in [0.29, 0.717) is 0 Å². The number of pyridine rings is 1. The SMILES string of the molecule is CC(F)c1cccc([C@@H](C)N(I)C(=O)c2c[nH]c(=O)cc2N)c1F. The Balaban J connectivity index is 2.36. The molecule has 1 heterocycles. The van der Waals surface area contributed by atoms with Crippen molar-refractivity contribution in [1.29, 1.82) is 0 Å². The van der Waals surface area contributed by atoms with E-state index in [1.54, 1.807) is 35.9 Å². The molecule has 5 nitrogen and oxygen atoms in total. The van der Waals surface area contributed by atoms with Gasteiger partial charge >= 0.3 is 0 Å². The average molecular weight is 447 g/mol. The van der Waals surface area contributed by atoms with Crippen LogP contribution in [0.15, 0.2) is 35.3 Å². The minimum atomic E-state index is -1.45. The third-order valence-corrected chi connectivity index (χ3v) is 4.93. The summed E-state index contributed by atoms with van der Waals surface area (Å²) in [5, 5.41) is 0. The molecule has 0 aliphatic rings. The summed E-state index contributed by atoms with van der Waals surface area (Å²) in [7, 11) is 0. The van der Waals surface area contributed by atoms with Crippen LogP contribution in [0.1, 0.15) is 47.5 Å². The maximum absolute atomic E-state index is 14.5.